The minimum Gasteiger partial charge on any atom is -0.496 e. The predicted molar refractivity (Wildman–Crippen MR) is 84.5 cm³/mol. The third-order valence-corrected chi connectivity index (χ3v) is 3.15. The highest BCUT2D eigenvalue weighted by Gasteiger charge is 2.27. The molecule has 1 aromatic rings. The monoisotopic (exact) mass is 320 g/mol. The zero-order valence-electron chi connectivity index (χ0n) is 12.2. The van der Waals surface area contributed by atoms with Crippen molar-refractivity contribution in [1.29, 1.82) is 0 Å². The fraction of sp³-hybridized carbons (Fsp3) is 0.500. The van der Waals surface area contributed by atoms with Crippen LogP contribution in [0.2, 0.25) is 5.02 Å². The SMILES string of the molecule is COc1ccc(Cl)cc1CNC(=O)[C@@H](N)C(C)(C)C.Cl. The summed E-state index contributed by atoms with van der Waals surface area (Å²) in [6, 6.07) is 4.72. The highest BCUT2D eigenvalue weighted by Crippen LogP contribution is 2.23. The Morgan fingerprint density at radius 2 is 2.05 bits per heavy atom. The van der Waals surface area contributed by atoms with Crippen LogP contribution in [-0.4, -0.2) is 19.1 Å². The average Bonchev–Trinajstić information content (AvgIpc) is 2.34. The van der Waals surface area contributed by atoms with Gasteiger partial charge in [0.15, 0.2) is 0 Å². The van der Waals surface area contributed by atoms with Crippen molar-refractivity contribution in [3.8, 4) is 5.75 Å². The van der Waals surface area contributed by atoms with Crippen molar-refractivity contribution in [2.24, 2.45) is 11.1 Å². The zero-order valence-corrected chi connectivity index (χ0v) is 13.8. The van der Waals surface area contributed by atoms with E-state index < -0.39 is 6.04 Å². The second-order valence-corrected chi connectivity index (χ2v) is 5.95. The Labute approximate surface area is 131 Å². The Bertz CT molecular complexity index is 459. The van der Waals surface area contributed by atoms with Gasteiger partial charge < -0.3 is 15.8 Å². The first kappa shape index (κ1) is 19.0. The topological polar surface area (TPSA) is 64.3 Å². The molecule has 0 bridgehead atoms. The van der Waals surface area contributed by atoms with E-state index >= 15 is 0 Å². The predicted octanol–water partition coefficient (Wildman–Crippen LogP) is 2.76. The van der Waals surface area contributed by atoms with E-state index in [0.29, 0.717) is 17.3 Å². The van der Waals surface area contributed by atoms with Crippen LogP contribution in [0.4, 0.5) is 0 Å². The van der Waals surface area contributed by atoms with E-state index in [1.54, 1.807) is 25.3 Å². The van der Waals surface area contributed by atoms with Gasteiger partial charge in [-0.2, -0.15) is 0 Å². The third-order valence-electron chi connectivity index (χ3n) is 2.91. The van der Waals surface area contributed by atoms with Crippen LogP contribution < -0.4 is 15.8 Å². The Kier molecular flexibility index (Phi) is 7.34. The average molecular weight is 321 g/mol. The first-order valence-corrected chi connectivity index (χ1v) is 6.49. The molecular weight excluding hydrogens is 299 g/mol. The van der Waals surface area contributed by atoms with Crippen molar-refractivity contribution in [2.45, 2.75) is 33.4 Å². The molecule has 4 nitrogen and oxygen atoms in total. The molecular formula is C14H22Cl2N2O2. The fourth-order valence-corrected chi connectivity index (χ4v) is 1.77. The van der Waals surface area contributed by atoms with Crippen LogP contribution in [0.25, 0.3) is 0 Å². The summed E-state index contributed by atoms with van der Waals surface area (Å²) >= 11 is 5.93. The lowest BCUT2D eigenvalue weighted by molar-refractivity contribution is -0.124. The summed E-state index contributed by atoms with van der Waals surface area (Å²) < 4.78 is 5.22. The van der Waals surface area contributed by atoms with Crippen LogP contribution in [0.5, 0.6) is 5.75 Å². The number of benzene rings is 1. The number of carbonyl (C=O) groups is 1. The molecule has 0 heterocycles. The van der Waals surface area contributed by atoms with E-state index in [9.17, 15) is 4.79 Å². The molecule has 1 atom stereocenters. The van der Waals surface area contributed by atoms with Crippen molar-refractivity contribution >= 4 is 29.9 Å². The Morgan fingerprint density at radius 3 is 2.55 bits per heavy atom. The second kappa shape index (κ2) is 7.72. The minimum atomic E-state index is -0.558. The van der Waals surface area contributed by atoms with Gasteiger partial charge in [-0.25, -0.2) is 0 Å². The molecule has 0 aromatic heterocycles. The number of hydrogen-bond donors (Lipinski definition) is 2. The van der Waals surface area contributed by atoms with Crippen molar-refractivity contribution in [1.82, 2.24) is 5.32 Å². The number of nitrogens with two attached hydrogens (primary N) is 1. The first-order valence-electron chi connectivity index (χ1n) is 6.11. The summed E-state index contributed by atoms with van der Waals surface area (Å²) in [5.41, 5.74) is 6.44. The van der Waals surface area contributed by atoms with E-state index in [1.807, 2.05) is 20.8 Å². The highest BCUT2D eigenvalue weighted by molar-refractivity contribution is 6.30. The smallest absolute Gasteiger partial charge is 0.237 e. The maximum Gasteiger partial charge on any atom is 0.237 e. The molecule has 20 heavy (non-hydrogen) atoms. The number of halogens is 2. The van der Waals surface area contributed by atoms with Crippen molar-refractivity contribution in [3.05, 3.63) is 28.8 Å². The summed E-state index contributed by atoms with van der Waals surface area (Å²) in [5.74, 6) is 0.503. The number of hydrogen-bond acceptors (Lipinski definition) is 3. The highest BCUT2D eigenvalue weighted by atomic mass is 35.5. The number of amides is 1. The van der Waals surface area contributed by atoms with Crippen LogP contribution in [0.1, 0.15) is 26.3 Å². The molecule has 0 unspecified atom stereocenters. The molecule has 3 N–H and O–H groups in total. The van der Waals surface area contributed by atoms with E-state index in [1.165, 1.54) is 0 Å². The van der Waals surface area contributed by atoms with E-state index in [0.717, 1.165) is 5.56 Å². The van der Waals surface area contributed by atoms with Crippen LogP contribution >= 0.6 is 24.0 Å². The van der Waals surface area contributed by atoms with Crippen molar-refractivity contribution in [2.75, 3.05) is 7.11 Å². The molecule has 0 fully saturated rings. The summed E-state index contributed by atoms with van der Waals surface area (Å²) in [4.78, 5) is 11.9. The summed E-state index contributed by atoms with van der Waals surface area (Å²) in [7, 11) is 1.58. The fourth-order valence-electron chi connectivity index (χ4n) is 1.57. The Balaban J connectivity index is 0.00000361. The molecule has 0 aliphatic rings. The first-order chi connectivity index (χ1) is 8.75. The van der Waals surface area contributed by atoms with E-state index in [4.69, 9.17) is 22.1 Å². The molecule has 114 valence electrons. The summed E-state index contributed by atoms with van der Waals surface area (Å²) in [6.07, 6.45) is 0. The third kappa shape index (κ3) is 5.19. The van der Waals surface area contributed by atoms with Gasteiger partial charge in [-0.3, -0.25) is 4.79 Å². The maximum atomic E-state index is 11.9. The lowest BCUT2D eigenvalue weighted by atomic mass is 9.87. The van der Waals surface area contributed by atoms with Crippen LogP contribution in [-0.2, 0) is 11.3 Å². The molecule has 1 amide bonds. The van der Waals surface area contributed by atoms with Gasteiger partial charge in [0.1, 0.15) is 5.75 Å². The van der Waals surface area contributed by atoms with E-state index in [2.05, 4.69) is 5.32 Å². The molecule has 0 spiro atoms. The number of methoxy groups -OCH3 is 1. The maximum absolute atomic E-state index is 11.9. The van der Waals surface area contributed by atoms with Crippen LogP contribution in [0, 0.1) is 5.41 Å². The summed E-state index contributed by atoms with van der Waals surface area (Å²) in [6.45, 7) is 6.12. The van der Waals surface area contributed by atoms with Gasteiger partial charge in [-0.1, -0.05) is 32.4 Å². The number of rotatable bonds is 4. The van der Waals surface area contributed by atoms with Gasteiger partial charge in [0.2, 0.25) is 5.91 Å². The van der Waals surface area contributed by atoms with Crippen molar-refractivity contribution in [3.63, 3.8) is 0 Å². The van der Waals surface area contributed by atoms with Gasteiger partial charge in [0.25, 0.3) is 0 Å². The standard InChI is InChI=1S/C14H21ClN2O2.ClH/c1-14(2,3)12(16)13(18)17-8-9-7-10(15)5-6-11(9)19-4;/h5-7,12H,8,16H2,1-4H3,(H,17,18);1H/t12-;/m1./s1. The molecule has 6 heteroatoms. The quantitative estimate of drug-likeness (QED) is 0.896. The molecule has 0 aliphatic carbocycles. The second-order valence-electron chi connectivity index (χ2n) is 5.52. The number of carbonyl (C=O) groups excluding carboxylic acids is 1. The molecule has 1 rings (SSSR count). The minimum absolute atomic E-state index is 0. The summed E-state index contributed by atoms with van der Waals surface area (Å²) in [5, 5.41) is 3.41. The largest absolute Gasteiger partial charge is 0.496 e. The Morgan fingerprint density at radius 1 is 1.45 bits per heavy atom. The van der Waals surface area contributed by atoms with Gasteiger partial charge >= 0.3 is 0 Å². The van der Waals surface area contributed by atoms with Crippen molar-refractivity contribution < 1.29 is 9.53 Å². The van der Waals surface area contributed by atoms with E-state index in [-0.39, 0.29) is 23.7 Å². The molecule has 0 saturated carbocycles. The lowest BCUT2D eigenvalue weighted by Gasteiger charge is -2.26. The van der Waals surface area contributed by atoms with Gasteiger partial charge in [0.05, 0.1) is 13.2 Å². The normalized spacial score (nSPS) is 12.3. The Hall–Kier alpha value is -0.970. The molecule has 0 radical (unpaired) electrons. The van der Waals surface area contributed by atoms with Gasteiger partial charge in [0, 0.05) is 17.1 Å². The van der Waals surface area contributed by atoms with Crippen LogP contribution in [0.3, 0.4) is 0 Å². The van der Waals surface area contributed by atoms with Gasteiger partial charge in [-0.15, -0.1) is 12.4 Å². The number of nitrogens with one attached hydrogen (secondary N) is 1. The molecule has 1 aromatic carbocycles. The zero-order chi connectivity index (χ0) is 14.6. The molecule has 0 saturated heterocycles. The molecule has 0 aliphatic heterocycles. The lowest BCUT2D eigenvalue weighted by Crippen LogP contribution is -2.48. The number of ether oxygens (including phenoxy) is 1. The van der Waals surface area contributed by atoms with Crippen LogP contribution in [0.15, 0.2) is 18.2 Å². The van der Waals surface area contributed by atoms with Gasteiger partial charge in [-0.05, 0) is 23.6 Å².